The molecule has 0 heterocycles. The molecule has 0 bridgehead atoms. The number of ether oxygens (including phenoxy) is 1. The molecule has 120 valence electrons. The SMILES string of the molecule is COc1ccc(NC(=O)CNC(=O)c2cc(C)cc(C)c2)cc1. The quantitative estimate of drug-likeness (QED) is 0.892. The van der Waals surface area contributed by atoms with Crippen molar-refractivity contribution in [2.45, 2.75) is 13.8 Å². The van der Waals surface area contributed by atoms with Crippen molar-refractivity contribution in [3.05, 3.63) is 59.2 Å². The zero-order valence-corrected chi connectivity index (χ0v) is 13.5. The van der Waals surface area contributed by atoms with E-state index in [0.29, 0.717) is 17.0 Å². The van der Waals surface area contributed by atoms with Crippen molar-refractivity contribution in [1.29, 1.82) is 0 Å². The van der Waals surface area contributed by atoms with Gasteiger partial charge in [0, 0.05) is 11.3 Å². The highest BCUT2D eigenvalue weighted by molar-refractivity contribution is 5.99. The number of benzene rings is 2. The molecule has 0 aromatic heterocycles. The molecule has 0 fully saturated rings. The first kappa shape index (κ1) is 16.5. The molecule has 0 saturated heterocycles. The van der Waals surface area contributed by atoms with Gasteiger partial charge in [0.1, 0.15) is 5.75 Å². The fourth-order valence-electron chi connectivity index (χ4n) is 2.25. The molecule has 2 aromatic carbocycles. The van der Waals surface area contributed by atoms with E-state index in [-0.39, 0.29) is 18.4 Å². The normalized spacial score (nSPS) is 10.0. The highest BCUT2D eigenvalue weighted by atomic mass is 16.5. The summed E-state index contributed by atoms with van der Waals surface area (Å²) in [7, 11) is 1.58. The van der Waals surface area contributed by atoms with E-state index in [2.05, 4.69) is 10.6 Å². The first-order valence-corrected chi connectivity index (χ1v) is 7.28. The van der Waals surface area contributed by atoms with E-state index in [1.54, 1.807) is 43.5 Å². The molecule has 0 spiro atoms. The summed E-state index contributed by atoms with van der Waals surface area (Å²) in [5.41, 5.74) is 3.23. The second-order valence-electron chi connectivity index (χ2n) is 5.34. The third kappa shape index (κ3) is 4.85. The van der Waals surface area contributed by atoms with E-state index in [0.717, 1.165) is 11.1 Å². The Kier molecular flexibility index (Phi) is 5.36. The smallest absolute Gasteiger partial charge is 0.251 e. The Balaban J connectivity index is 1.89. The van der Waals surface area contributed by atoms with Gasteiger partial charge in [-0.1, -0.05) is 17.2 Å². The Morgan fingerprint density at radius 1 is 1.00 bits per heavy atom. The van der Waals surface area contributed by atoms with Crippen LogP contribution in [0.25, 0.3) is 0 Å². The molecule has 0 unspecified atom stereocenters. The lowest BCUT2D eigenvalue weighted by Gasteiger charge is -2.08. The average Bonchev–Trinajstić information content (AvgIpc) is 2.52. The maximum absolute atomic E-state index is 12.1. The molecule has 0 aliphatic rings. The molecular weight excluding hydrogens is 292 g/mol. The van der Waals surface area contributed by atoms with Crippen molar-refractivity contribution in [3.8, 4) is 5.75 Å². The molecule has 0 aliphatic carbocycles. The van der Waals surface area contributed by atoms with Crippen LogP contribution in [0.3, 0.4) is 0 Å². The van der Waals surface area contributed by atoms with Crippen LogP contribution >= 0.6 is 0 Å². The van der Waals surface area contributed by atoms with Crippen molar-refractivity contribution < 1.29 is 14.3 Å². The van der Waals surface area contributed by atoms with Crippen LogP contribution in [0.4, 0.5) is 5.69 Å². The van der Waals surface area contributed by atoms with Crippen LogP contribution < -0.4 is 15.4 Å². The zero-order chi connectivity index (χ0) is 16.8. The first-order chi connectivity index (χ1) is 11.0. The van der Waals surface area contributed by atoms with Gasteiger partial charge in [-0.25, -0.2) is 0 Å². The standard InChI is InChI=1S/C18H20N2O3/c1-12-8-13(2)10-14(9-12)18(22)19-11-17(21)20-15-4-6-16(23-3)7-5-15/h4-10H,11H2,1-3H3,(H,19,22)(H,20,21). The zero-order valence-electron chi connectivity index (χ0n) is 13.5. The molecule has 0 radical (unpaired) electrons. The van der Waals surface area contributed by atoms with Crippen LogP contribution in [0, 0.1) is 13.8 Å². The van der Waals surface area contributed by atoms with Crippen molar-refractivity contribution in [2.24, 2.45) is 0 Å². The van der Waals surface area contributed by atoms with Crippen LogP contribution in [-0.4, -0.2) is 25.5 Å². The van der Waals surface area contributed by atoms with Gasteiger partial charge in [0.2, 0.25) is 5.91 Å². The summed E-state index contributed by atoms with van der Waals surface area (Å²) in [6.07, 6.45) is 0. The molecule has 2 rings (SSSR count). The molecule has 0 atom stereocenters. The van der Waals surface area contributed by atoms with E-state index in [9.17, 15) is 9.59 Å². The molecule has 2 amide bonds. The average molecular weight is 312 g/mol. The Morgan fingerprint density at radius 3 is 2.17 bits per heavy atom. The van der Waals surface area contributed by atoms with E-state index in [4.69, 9.17) is 4.74 Å². The summed E-state index contributed by atoms with van der Waals surface area (Å²) in [5.74, 6) is 0.167. The van der Waals surface area contributed by atoms with E-state index < -0.39 is 0 Å². The molecule has 5 nitrogen and oxygen atoms in total. The minimum atomic E-state index is -0.284. The summed E-state index contributed by atoms with van der Waals surface area (Å²) in [5, 5.41) is 5.33. The first-order valence-electron chi connectivity index (χ1n) is 7.28. The number of carbonyl (C=O) groups excluding carboxylic acids is 2. The van der Waals surface area contributed by atoms with Crippen molar-refractivity contribution in [3.63, 3.8) is 0 Å². The minimum Gasteiger partial charge on any atom is -0.497 e. The summed E-state index contributed by atoms with van der Waals surface area (Å²) >= 11 is 0. The predicted octanol–water partition coefficient (Wildman–Crippen LogP) is 2.68. The number of aryl methyl sites for hydroxylation is 2. The van der Waals surface area contributed by atoms with Crippen molar-refractivity contribution in [1.82, 2.24) is 5.32 Å². The van der Waals surface area contributed by atoms with Crippen molar-refractivity contribution >= 4 is 17.5 Å². The molecule has 2 aromatic rings. The predicted molar refractivity (Wildman–Crippen MR) is 89.9 cm³/mol. The maximum Gasteiger partial charge on any atom is 0.251 e. The van der Waals surface area contributed by atoms with Gasteiger partial charge in [-0.2, -0.15) is 0 Å². The van der Waals surface area contributed by atoms with Crippen LogP contribution in [0.5, 0.6) is 5.75 Å². The Hall–Kier alpha value is -2.82. The fraction of sp³-hybridized carbons (Fsp3) is 0.222. The minimum absolute atomic E-state index is 0.0855. The maximum atomic E-state index is 12.1. The number of amides is 2. The largest absolute Gasteiger partial charge is 0.497 e. The number of rotatable bonds is 5. The van der Waals surface area contributed by atoms with Gasteiger partial charge in [0.05, 0.1) is 13.7 Å². The number of carbonyl (C=O) groups is 2. The Bertz CT molecular complexity index is 688. The van der Waals surface area contributed by atoms with Crippen molar-refractivity contribution in [2.75, 3.05) is 19.0 Å². The molecule has 0 aliphatic heterocycles. The highest BCUT2D eigenvalue weighted by Gasteiger charge is 2.09. The van der Waals surface area contributed by atoms with Crippen LogP contribution in [0.15, 0.2) is 42.5 Å². The second kappa shape index (κ2) is 7.45. The van der Waals surface area contributed by atoms with E-state index in [1.165, 1.54) is 0 Å². The number of anilines is 1. The van der Waals surface area contributed by atoms with Gasteiger partial charge in [-0.15, -0.1) is 0 Å². The summed E-state index contributed by atoms with van der Waals surface area (Å²) < 4.78 is 5.05. The van der Waals surface area contributed by atoms with Gasteiger partial charge in [0.15, 0.2) is 0 Å². The Labute approximate surface area is 135 Å². The second-order valence-corrected chi connectivity index (χ2v) is 5.34. The number of hydrogen-bond donors (Lipinski definition) is 2. The van der Waals surface area contributed by atoms with Gasteiger partial charge in [-0.05, 0) is 50.2 Å². The lowest BCUT2D eigenvalue weighted by atomic mass is 10.1. The van der Waals surface area contributed by atoms with Gasteiger partial charge < -0.3 is 15.4 Å². The summed E-state index contributed by atoms with van der Waals surface area (Å²) in [6.45, 7) is 3.78. The summed E-state index contributed by atoms with van der Waals surface area (Å²) in [4.78, 5) is 24.0. The van der Waals surface area contributed by atoms with E-state index in [1.807, 2.05) is 19.9 Å². The molecule has 2 N–H and O–H groups in total. The molecular formula is C18H20N2O3. The van der Waals surface area contributed by atoms with Crippen LogP contribution in [0.2, 0.25) is 0 Å². The van der Waals surface area contributed by atoms with Crippen LogP contribution in [0.1, 0.15) is 21.5 Å². The molecule has 5 heteroatoms. The number of methoxy groups -OCH3 is 1. The lowest BCUT2D eigenvalue weighted by molar-refractivity contribution is -0.115. The lowest BCUT2D eigenvalue weighted by Crippen LogP contribution is -2.32. The Morgan fingerprint density at radius 2 is 1.61 bits per heavy atom. The molecule has 23 heavy (non-hydrogen) atoms. The van der Waals surface area contributed by atoms with Gasteiger partial charge in [-0.3, -0.25) is 9.59 Å². The molecule has 0 saturated carbocycles. The third-order valence-corrected chi connectivity index (χ3v) is 3.27. The number of hydrogen-bond acceptors (Lipinski definition) is 3. The third-order valence-electron chi connectivity index (χ3n) is 3.27. The summed E-state index contributed by atoms with van der Waals surface area (Å²) in [6, 6.07) is 12.6. The topological polar surface area (TPSA) is 67.4 Å². The number of nitrogens with one attached hydrogen (secondary N) is 2. The monoisotopic (exact) mass is 312 g/mol. The van der Waals surface area contributed by atoms with Gasteiger partial charge in [0.25, 0.3) is 5.91 Å². The van der Waals surface area contributed by atoms with Gasteiger partial charge >= 0.3 is 0 Å². The van der Waals surface area contributed by atoms with Crippen LogP contribution in [-0.2, 0) is 4.79 Å². The highest BCUT2D eigenvalue weighted by Crippen LogP contribution is 2.14. The van der Waals surface area contributed by atoms with E-state index >= 15 is 0 Å². The fourth-order valence-corrected chi connectivity index (χ4v) is 2.25.